The SMILES string of the molecule is CC(C)(ON=C(C(=O)NC1C(=O)N2C(C(=O)[O-])=C(C[n+]3ccc4ncoc4c3)CS[C@@H]12)c1cc(N)sn1)C(=O)O. The zero-order chi connectivity index (χ0) is 28.8. The van der Waals surface area contributed by atoms with Gasteiger partial charge in [-0.15, -0.1) is 11.8 Å². The lowest BCUT2D eigenvalue weighted by molar-refractivity contribution is -0.688. The quantitative estimate of drug-likeness (QED) is 0.117. The van der Waals surface area contributed by atoms with Crippen molar-refractivity contribution < 1.29 is 43.2 Å². The van der Waals surface area contributed by atoms with Crippen molar-refractivity contribution in [1.82, 2.24) is 19.6 Å². The fourth-order valence-corrected chi connectivity index (χ4v) is 5.81. The third-order valence-corrected chi connectivity index (χ3v) is 8.05. The number of hydrogen-bond acceptors (Lipinski definition) is 13. The van der Waals surface area contributed by atoms with Gasteiger partial charge in [-0.25, -0.2) is 9.78 Å². The van der Waals surface area contributed by atoms with E-state index in [9.17, 15) is 29.4 Å². The predicted molar refractivity (Wildman–Crippen MR) is 137 cm³/mol. The number of aliphatic carboxylic acids is 2. The lowest BCUT2D eigenvalue weighted by Crippen LogP contribution is -2.71. The fraction of sp³-hybridized carbons (Fsp3) is 0.304. The number of β-lactam (4-membered cyclic amide) rings is 1. The van der Waals surface area contributed by atoms with Crippen molar-refractivity contribution in [2.24, 2.45) is 5.16 Å². The summed E-state index contributed by atoms with van der Waals surface area (Å²) in [7, 11) is 0. The Kier molecular flexibility index (Phi) is 6.92. The summed E-state index contributed by atoms with van der Waals surface area (Å²) in [6, 6.07) is 1.97. The van der Waals surface area contributed by atoms with E-state index in [1.165, 1.54) is 38.1 Å². The molecule has 40 heavy (non-hydrogen) atoms. The van der Waals surface area contributed by atoms with Crippen molar-refractivity contribution in [1.29, 1.82) is 0 Å². The number of carboxylic acid groups (broad SMARTS) is 2. The number of anilines is 1. The average Bonchev–Trinajstić information content (AvgIpc) is 3.55. The molecule has 1 unspecified atom stereocenters. The van der Waals surface area contributed by atoms with E-state index in [1.807, 2.05) is 0 Å². The van der Waals surface area contributed by atoms with Crippen LogP contribution in [0, 0.1) is 0 Å². The monoisotopic (exact) mass is 587 g/mol. The van der Waals surface area contributed by atoms with Gasteiger partial charge in [0.25, 0.3) is 11.8 Å². The molecule has 0 saturated carbocycles. The molecule has 3 aromatic rings. The molecule has 0 aliphatic carbocycles. The summed E-state index contributed by atoms with van der Waals surface area (Å²) in [5.41, 5.74) is 4.89. The zero-order valence-electron chi connectivity index (χ0n) is 20.9. The van der Waals surface area contributed by atoms with Gasteiger partial charge in [-0.3, -0.25) is 14.5 Å². The highest BCUT2D eigenvalue weighted by atomic mass is 32.2. The number of carbonyl (C=O) groups is 4. The molecule has 5 heterocycles. The van der Waals surface area contributed by atoms with Crippen LogP contribution >= 0.6 is 23.3 Å². The number of nitrogens with one attached hydrogen (secondary N) is 1. The normalized spacial score (nSPS) is 19.3. The topological polar surface area (TPSA) is 217 Å². The van der Waals surface area contributed by atoms with E-state index < -0.39 is 46.5 Å². The number of aromatic nitrogens is 3. The molecule has 2 aliphatic rings. The molecule has 15 nitrogen and oxygen atoms in total. The van der Waals surface area contributed by atoms with Gasteiger partial charge in [0.05, 0.1) is 11.7 Å². The fourth-order valence-electron chi connectivity index (χ4n) is 3.97. The van der Waals surface area contributed by atoms with Crippen LogP contribution in [0.15, 0.2) is 51.8 Å². The lowest BCUT2D eigenvalue weighted by Gasteiger charge is -2.50. The predicted octanol–water partition coefficient (Wildman–Crippen LogP) is -1.16. The van der Waals surface area contributed by atoms with Gasteiger partial charge in [0.15, 0.2) is 24.8 Å². The maximum absolute atomic E-state index is 13.2. The van der Waals surface area contributed by atoms with Crippen LogP contribution in [0.1, 0.15) is 19.5 Å². The minimum atomic E-state index is -1.77. The van der Waals surface area contributed by atoms with E-state index in [-0.39, 0.29) is 28.7 Å². The Morgan fingerprint density at radius 2 is 2.20 bits per heavy atom. The molecular weight excluding hydrogens is 566 g/mol. The second-order valence-electron chi connectivity index (χ2n) is 9.28. The second kappa shape index (κ2) is 10.2. The van der Waals surface area contributed by atoms with Gasteiger partial charge in [0.1, 0.15) is 27.6 Å². The Bertz CT molecular complexity index is 1610. The van der Waals surface area contributed by atoms with Crippen molar-refractivity contribution >= 4 is 68.9 Å². The molecule has 17 heteroatoms. The van der Waals surface area contributed by atoms with Gasteiger partial charge in [0, 0.05) is 23.5 Å². The van der Waals surface area contributed by atoms with Crippen molar-refractivity contribution in [3.63, 3.8) is 0 Å². The van der Waals surface area contributed by atoms with Crippen LogP contribution in [0.4, 0.5) is 5.00 Å². The number of pyridine rings is 1. The number of rotatable bonds is 9. The number of oxazole rings is 1. The second-order valence-corrected chi connectivity index (χ2v) is 11.2. The van der Waals surface area contributed by atoms with Crippen LogP contribution < -0.4 is 20.7 Å². The molecule has 4 N–H and O–H groups in total. The Labute approximate surface area is 233 Å². The van der Waals surface area contributed by atoms with E-state index >= 15 is 0 Å². The number of fused-ring (bicyclic) bond motifs is 2. The number of amides is 2. The Hall–Kier alpha value is -4.51. The van der Waals surface area contributed by atoms with E-state index in [4.69, 9.17) is 15.0 Å². The van der Waals surface area contributed by atoms with Crippen molar-refractivity contribution in [2.75, 3.05) is 11.5 Å². The minimum absolute atomic E-state index is 0.0134. The number of nitrogen functional groups attached to an aromatic ring is 1. The number of nitrogens with two attached hydrogens (primary N) is 1. The first-order valence-electron chi connectivity index (χ1n) is 11.6. The van der Waals surface area contributed by atoms with Crippen LogP contribution in [0.5, 0.6) is 0 Å². The van der Waals surface area contributed by atoms with E-state index in [0.717, 1.165) is 16.4 Å². The molecule has 0 radical (unpaired) electrons. The third-order valence-electron chi connectivity index (χ3n) is 6.10. The van der Waals surface area contributed by atoms with Crippen LogP contribution in [0.25, 0.3) is 11.1 Å². The number of oxime groups is 1. The Morgan fingerprint density at radius 1 is 1.43 bits per heavy atom. The molecule has 2 atom stereocenters. The molecule has 0 aromatic carbocycles. The standard InChI is InChI=1S/C23H21N7O8S2/c1-23(2,22(35)36)38-27-15(12-5-14(24)40-28-12)18(31)26-16-19(32)30-17(21(33)34)10(8-39-20(16)30)6-29-4-3-11-13(7-29)37-9-25-11/h3-5,7,9,16,20H,6,8H2,1-2H3,(H4-,24,26,28,31,33,34,35,36)/t16?,20-/m0/s1. The number of carboxylic acids is 2. The maximum Gasteiger partial charge on any atom is 0.350 e. The molecule has 2 amide bonds. The van der Waals surface area contributed by atoms with Gasteiger partial charge < -0.3 is 35.3 Å². The summed E-state index contributed by atoms with van der Waals surface area (Å²) in [6.45, 7) is 2.63. The van der Waals surface area contributed by atoms with Gasteiger partial charge in [-0.1, -0.05) is 5.16 Å². The molecule has 0 spiro atoms. The largest absolute Gasteiger partial charge is 0.543 e. The Morgan fingerprint density at radius 3 is 2.88 bits per heavy atom. The summed E-state index contributed by atoms with van der Waals surface area (Å²) in [4.78, 5) is 60.0. The maximum atomic E-state index is 13.2. The first-order valence-corrected chi connectivity index (χ1v) is 13.4. The van der Waals surface area contributed by atoms with Gasteiger partial charge in [0.2, 0.25) is 17.4 Å². The highest BCUT2D eigenvalue weighted by Gasteiger charge is 2.53. The molecule has 5 rings (SSSR count). The summed E-state index contributed by atoms with van der Waals surface area (Å²) in [5, 5.41) is 27.2. The minimum Gasteiger partial charge on any atom is -0.543 e. The molecular formula is C23H21N7O8S2. The first kappa shape index (κ1) is 27.1. The average molecular weight is 588 g/mol. The van der Waals surface area contributed by atoms with Gasteiger partial charge >= 0.3 is 5.97 Å². The van der Waals surface area contributed by atoms with E-state index in [2.05, 4.69) is 19.8 Å². The zero-order valence-corrected chi connectivity index (χ0v) is 22.5. The molecule has 1 fully saturated rings. The highest BCUT2D eigenvalue weighted by molar-refractivity contribution is 8.00. The van der Waals surface area contributed by atoms with Gasteiger partial charge in [-0.05, 0) is 25.4 Å². The number of carbonyl (C=O) groups excluding carboxylic acids is 3. The smallest absolute Gasteiger partial charge is 0.350 e. The molecule has 0 bridgehead atoms. The molecule has 3 aromatic heterocycles. The highest BCUT2D eigenvalue weighted by Crippen LogP contribution is 2.40. The summed E-state index contributed by atoms with van der Waals surface area (Å²) in [6.07, 6.45) is 4.68. The van der Waals surface area contributed by atoms with E-state index in [0.29, 0.717) is 16.7 Å². The number of hydrogen-bond donors (Lipinski definition) is 3. The number of nitrogens with zero attached hydrogens (tertiary/aromatic N) is 5. The van der Waals surface area contributed by atoms with Crippen molar-refractivity contribution in [3.8, 4) is 0 Å². The van der Waals surface area contributed by atoms with Crippen LogP contribution in [-0.2, 0) is 30.6 Å². The number of thioether (sulfide) groups is 1. The molecule has 2 aliphatic heterocycles. The van der Waals surface area contributed by atoms with Crippen molar-refractivity contribution in [3.05, 3.63) is 47.9 Å². The Balaban J connectivity index is 1.36. The summed E-state index contributed by atoms with van der Waals surface area (Å²) >= 11 is 2.14. The molecule has 208 valence electrons. The van der Waals surface area contributed by atoms with E-state index in [1.54, 1.807) is 23.0 Å². The van der Waals surface area contributed by atoms with Crippen LogP contribution in [0.2, 0.25) is 0 Å². The van der Waals surface area contributed by atoms with Crippen LogP contribution in [-0.4, -0.2) is 71.6 Å². The third kappa shape index (κ3) is 4.95. The van der Waals surface area contributed by atoms with Crippen LogP contribution in [0.3, 0.4) is 0 Å². The van der Waals surface area contributed by atoms with Crippen molar-refractivity contribution in [2.45, 2.75) is 37.4 Å². The first-order chi connectivity index (χ1) is 19.0. The summed E-state index contributed by atoms with van der Waals surface area (Å²) < 4.78 is 11.0. The van der Waals surface area contributed by atoms with Gasteiger partial charge in [-0.2, -0.15) is 8.94 Å². The summed E-state index contributed by atoms with van der Waals surface area (Å²) in [5.74, 6) is -4.16. The molecule has 1 saturated heterocycles. The lowest BCUT2D eigenvalue weighted by atomic mass is 10.0.